The standard InChI is InChI=1S/C13H19NO2/c1-5-6-12-11(8-15)7-13(10(4)16)14(12)9(2)3/h7-9H,5-6H2,1-4H3. The van der Waals surface area contributed by atoms with E-state index in [2.05, 4.69) is 6.92 Å². The first-order valence-electron chi connectivity index (χ1n) is 5.73. The highest BCUT2D eigenvalue weighted by Crippen LogP contribution is 2.22. The molecule has 0 amide bonds. The largest absolute Gasteiger partial charge is 0.339 e. The Morgan fingerprint density at radius 1 is 1.50 bits per heavy atom. The molecule has 0 aliphatic heterocycles. The van der Waals surface area contributed by atoms with Crippen molar-refractivity contribution < 1.29 is 9.59 Å². The Hall–Kier alpha value is -1.38. The summed E-state index contributed by atoms with van der Waals surface area (Å²) in [6.07, 6.45) is 2.64. The first-order chi connectivity index (χ1) is 7.52. The second kappa shape index (κ2) is 5.10. The van der Waals surface area contributed by atoms with E-state index >= 15 is 0 Å². The molecule has 0 radical (unpaired) electrons. The fraction of sp³-hybridized carbons (Fsp3) is 0.538. The number of hydrogen-bond donors (Lipinski definition) is 0. The molecule has 0 aliphatic rings. The van der Waals surface area contributed by atoms with Gasteiger partial charge in [0.25, 0.3) is 0 Å². The lowest BCUT2D eigenvalue weighted by Crippen LogP contribution is -2.12. The molecular formula is C13H19NO2. The minimum Gasteiger partial charge on any atom is -0.339 e. The number of carbonyl (C=O) groups excluding carboxylic acids is 2. The molecule has 1 aromatic rings. The number of rotatable bonds is 5. The van der Waals surface area contributed by atoms with Crippen LogP contribution in [0.25, 0.3) is 0 Å². The zero-order chi connectivity index (χ0) is 12.3. The van der Waals surface area contributed by atoms with Crippen molar-refractivity contribution in [2.75, 3.05) is 0 Å². The number of Topliss-reactive ketones (excluding diaryl/α,β-unsaturated/α-hetero) is 1. The number of carbonyl (C=O) groups is 2. The zero-order valence-corrected chi connectivity index (χ0v) is 10.4. The molecule has 16 heavy (non-hydrogen) atoms. The topological polar surface area (TPSA) is 39.1 Å². The molecule has 0 aliphatic carbocycles. The first kappa shape index (κ1) is 12.7. The van der Waals surface area contributed by atoms with Crippen molar-refractivity contribution in [3.63, 3.8) is 0 Å². The Morgan fingerprint density at radius 3 is 2.50 bits per heavy atom. The average molecular weight is 221 g/mol. The molecule has 0 fully saturated rings. The number of aromatic nitrogens is 1. The van der Waals surface area contributed by atoms with E-state index in [9.17, 15) is 9.59 Å². The van der Waals surface area contributed by atoms with Gasteiger partial charge in [-0.15, -0.1) is 0 Å². The van der Waals surface area contributed by atoms with E-state index in [0.29, 0.717) is 11.3 Å². The van der Waals surface area contributed by atoms with E-state index < -0.39 is 0 Å². The highest BCUT2D eigenvalue weighted by Gasteiger charge is 2.18. The fourth-order valence-electron chi connectivity index (χ4n) is 2.05. The van der Waals surface area contributed by atoms with Gasteiger partial charge in [-0.05, 0) is 26.3 Å². The van der Waals surface area contributed by atoms with E-state index in [-0.39, 0.29) is 11.8 Å². The zero-order valence-electron chi connectivity index (χ0n) is 10.4. The van der Waals surface area contributed by atoms with Crippen LogP contribution in [0.4, 0.5) is 0 Å². The van der Waals surface area contributed by atoms with Crippen molar-refractivity contribution in [1.29, 1.82) is 0 Å². The van der Waals surface area contributed by atoms with E-state index in [0.717, 1.165) is 24.8 Å². The lowest BCUT2D eigenvalue weighted by molar-refractivity contribution is 0.100. The molecule has 0 N–H and O–H groups in total. The van der Waals surface area contributed by atoms with Crippen LogP contribution in [0, 0.1) is 0 Å². The smallest absolute Gasteiger partial charge is 0.176 e. The lowest BCUT2D eigenvalue weighted by Gasteiger charge is -2.16. The normalized spacial score (nSPS) is 10.8. The Labute approximate surface area is 96.5 Å². The Kier molecular flexibility index (Phi) is 4.05. The predicted octanol–water partition coefficient (Wildman–Crippen LogP) is 3.04. The second-order valence-corrected chi connectivity index (χ2v) is 4.32. The Balaban J connectivity index is 3.41. The highest BCUT2D eigenvalue weighted by molar-refractivity contribution is 5.95. The summed E-state index contributed by atoms with van der Waals surface area (Å²) < 4.78 is 1.98. The van der Waals surface area contributed by atoms with Crippen molar-refractivity contribution in [3.8, 4) is 0 Å². The van der Waals surface area contributed by atoms with Gasteiger partial charge >= 0.3 is 0 Å². The molecular weight excluding hydrogens is 202 g/mol. The van der Waals surface area contributed by atoms with Crippen LogP contribution in [0.15, 0.2) is 6.07 Å². The van der Waals surface area contributed by atoms with Gasteiger partial charge in [0.15, 0.2) is 12.1 Å². The summed E-state index contributed by atoms with van der Waals surface area (Å²) in [6.45, 7) is 7.67. The highest BCUT2D eigenvalue weighted by atomic mass is 16.1. The predicted molar refractivity (Wildman–Crippen MR) is 64.2 cm³/mol. The van der Waals surface area contributed by atoms with Gasteiger partial charge in [-0.2, -0.15) is 0 Å². The number of aldehydes is 1. The molecule has 0 spiro atoms. The van der Waals surface area contributed by atoms with Crippen molar-refractivity contribution in [2.45, 2.75) is 46.6 Å². The van der Waals surface area contributed by atoms with Gasteiger partial charge in [-0.25, -0.2) is 0 Å². The van der Waals surface area contributed by atoms with Crippen LogP contribution in [0.5, 0.6) is 0 Å². The molecule has 88 valence electrons. The monoisotopic (exact) mass is 221 g/mol. The third-order valence-corrected chi connectivity index (χ3v) is 2.67. The minimum absolute atomic E-state index is 0.0131. The third-order valence-electron chi connectivity index (χ3n) is 2.67. The number of nitrogens with zero attached hydrogens (tertiary/aromatic N) is 1. The molecule has 1 heterocycles. The molecule has 0 unspecified atom stereocenters. The van der Waals surface area contributed by atoms with E-state index in [1.54, 1.807) is 13.0 Å². The van der Waals surface area contributed by atoms with Crippen LogP contribution >= 0.6 is 0 Å². The van der Waals surface area contributed by atoms with E-state index in [4.69, 9.17) is 0 Å². The lowest BCUT2D eigenvalue weighted by atomic mass is 10.1. The van der Waals surface area contributed by atoms with Crippen molar-refractivity contribution in [3.05, 3.63) is 23.0 Å². The molecule has 0 aromatic carbocycles. The summed E-state index contributed by atoms with van der Waals surface area (Å²) >= 11 is 0. The Morgan fingerprint density at radius 2 is 2.12 bits per heavy atom. The van der Waals surface area contributed by atoms with Crippen LogP contribution in [0.3, 0.4) is 0 Å². The van der Waals surface area contributed by atoms with Gasteiger partial charge in [0.05, 0.1) is 5.69 Å². The third kappa shape index (κ3) is 2.23. The molecule has 1 rings (SSSR count). The van der Waals surface area contributed by atoms with Gasteiger partial charge < -0.3 is 4.57 Å². The van der Waals surface area contributed by atoms with Gasteiger partial charge in [0.2, 0.25) is 0 Å². The van der Waals surface area contributed by atoms with Crippen LogP contribution in [-0.4, -0.2) is 16.6 Å². The molecule has 1 aromatic heterocycles. The number of ketones is 1. The van der Waals surface area contributed by atoms with Gasteiger partial charge in [0.1, 0.15) is 0 Å². The summed E-state index contributed by atoms with van der Waals surface area (Å²) in [4.78, 5) is 22.5. The fourth-order valence-corrected chi connectivity index (χ4v) is 2.05. The summed E-state index contributed by atoms with van der Waals surface area (Å²) in [5, 5.41) is 0. The van der Waals surface area contributed by atoms with Gasteiger partial charge in [0, 0.05) is 24.2 Å². The summed E-state index contributed by atoms with van der Waals surface area (Å²) in [6, 6.07) is 1.91. The second-order valence-electron chi connectivity index (χ2n) is 4.32. The van der Waals surface area contributed by atoms with Crippen LogP contribution < -0.4 is 0 Å². The maximum absolute atomic E-state index is 11.5. The van der Waals surface area contributed by atoms with Gasteiger partial charge in [-0.3, -0.25) is 9.59 Å². The van der Waals surface area contributed by atoms with E-state index in [1.807, 2.05) is 18.4 Å². The quantitative estimate of drug-likeness (QED) is 0.566. The maximum Gasteiger partial charge on any atom is 0.176 e. The molecule has 0 saturated carbocycles. The summed E-state index contributed by atoms with van der Waals surface area (Å²) in [5.74, 6) is 0.0131. The molecule has 3 nitrogen and oxygen atoms in total. The maximum atomic E-state index is 11.5. The van der Waals surface area contributed by atoms with Crippen LogP contribution in [0.1, 0.15) is 66.7 Å². The molecule has 0 saturated heterocycles. The first-order valence-corrected chi connectivity index (χ1v) is 5.73. The SMILES string of the molecule is CCCc1c(C=O)cc(C(C)=O)n1C(C)C. The Bertz CT molecular complexity index is 402. The number of hydrogen-bond acceptors (Lipinski definition) is 2. The van der Waals surface area contributed by atoms with E-state index in [1.165, 1.54) is 0 Å². The molecule has 0 bridgehead atoms. The van der Waals surface area contributed by atoms with Crippen molar-refractivity contribution >= 4 is 12.1 Å². The van der Waals surface area contributed by atoms with Crippen molar-refractivity contribution in [2.24, 2.45) is 0 Å². The average Bonchev–Trinajstić information content (AvgIpc) is 2.57. The molecule has 0 atom stereocenters. The van der Waals surface area contributed by atoms with Gasteiger partial charge in [-0.1, -0.05) is 13.3 Å². The molecule has 3 heteroatoms. The van der Waals surface area contributed by atoms with Crippen molar-refractivity contribution in [1.82, 2.24) is 4.57 Å². The van der Waals surface area contributed by atoms with Crippen LogP contribution in [-0.2, 0) is 6.42 Å². The summed E-state index contributed by atoms with van der Waals surface area (Å²) in [5.41, 5.74) is 2.28. The summed E-state index contributed by atoms with van der Waals surface area (Å²) in [7, 11) is 0. The van der Waals surface area contributed by atoms with Crippen LogP contribution in [0.2, 0.25) is 0 Å². The minimum atomic E-state index is 0.0131.